The van der Waals surface area contributed by atoms with Gasteiger partial charge in [0.2, 0.25) is 0 Å². The summed E-state index contributed by atoms with van der Waals surface area (Å²) >= 11 is 5.82. The lowest BCUT2D eigenvalue weighted by Crippen LogP contribution is -2.02. The smallest absolute Gasteiger partial charge is 0.188 e. The molecule has 3 nitrogen and oxygen atoms in total. The fourth-order valence-corrected chi connectivity index (χ4v) is 2.20. The van der Waals surface area contributed by atoms with Crippen LogP contribution in [-0.4, -0.2) is 0 Å². The van der Waals surface area contributed by atoms with Crippen molar-refractivity contribution in [3.8, 4) is 11.5 Å². The first-order chi connectivity index (χ1) is 9.95. The lowest BCUT2D eigenvalue weighted by atomic mass is 9.98. The van der Waals surface area contributed by atoms with Crippen molar-refractivity contribution in [2.75, 3.05) is 11.5 Å². The molecule has 21 heavy (non-hydrogen) atoms. The molecule has 0 saturated carbocycles. The van der Waals surface area contributed by atoms with E-state index in [4.69, 9.17) is 27.8 Å². The summed E-state index contributed by atoms with van der Waals surface area (Å²) in [6.45, 7) is 4.16. The van der Waals surface area contributed by atoms with E-state index in [1.165, 1.54) is 6.07 Å². The fourth-order valence-electron chi connectivity index (χ4n) is 2.06. The van der Waals surface area contributed by atoms with Gasteiger partial charge >= 0.3 is 0 Å². The molecule has 0 aliphatic heterocycles. The molecule has 4 N–H and O–H groups in total. The molecule has 1 unspecified atom stereocenters. The van der Waals surface area contributed by atoms with E-state index in [9.17, 15) is 4.39 Å². The topological polar surface area (TPSA) is 61.3 Å². The number of ether oxygens (including phenoxy) is 1. The number of hydrogen-bond acceptors (Lipinski definition) is 3. The van der Waals surface area contributed by atoms with E-state index in [0.29, 0.717) is 5.75 Å². The summed E-state index contributed by atoms with van der Waals surface area (Å²) in [5, 5.41) is -0.180. The summed E-state index contributed by atoms with van der Waals surface area (Å²) in [4.78, 5) is 0. The van der Waals surface area contributed by atoms with Crippen LogP contribution < -0.4 is 16.2 Å². The van der Waals surface area contributed by atoms with Crippen molar-refractivity contribution in [3.05, 3.63) is 46.7 Å². The van der Waals surface area contributed by atoms with E-state index in [1.807, 2.05) is 18.2 Å². The van der Waals surface area contributed by atoms with Crippen LogP contribution >= 0.6 is 11.6 Å². The zero-order valence-electron chi connectivity index (χ0n) is 12.0. The van der Waals surface area contributed by atoms with Crippen molar-refractivity contribution in [2.45, 2.75) is 26.2 Å². The molecule has 0 heterocycles. The van der Waals surface area contributed by atoms with E-state index in [1.54, 1.807) is 6.07 Å². The molecular weight excluding hydrogens is 291 g/mol. The van der Waals surface area contributed by atoms with Gasteiger partial charge in [-0.3, -0.25) is 0 Å². The first-order valence-electron chi connectivity index (χ1n) is 6.75. The standard InChI is InChI=1S/C16H18ClFN2O/c1-3-9(2)10-6-4-5-7-13(10)21-16-12(20)8-11(19)14(17)15(16)18/h4-9H,3,19-20H2,1-2H3. The second-order valence-corrected chi connectivity index (χ2v) is 5.34. The molecule has 0 bridgehead atoms. The zero-order valence-corrected chi connectivity index (χ0v) is 12.7. The van der Waals surface area contributed by atoms with Crippen LogP contribution in [0.15, 0.2) is 30.3 Å². The van der Waals surface area contributed by atoms with Crippen LogP contribution in [0.2, 0.25) is 5.02 Å². The Balaban J connectivity index is 2.47. The normalized spacial score (nSPS) is 12.2. The SMILES string of the molecule is CCC(C)c1ccccc1Oc1c(N)cc(N)c(Cl)c1F. The fraction of sp³-hybridized carbons (Fsp3) is 0.250. The molecule has 0 aromatic heterocycles. The Morgan fingerprint density at radius 3 is 2.57 bits per heavy atom. The molecule has 2 aromatic rings. The van der Waals surface area contributed by atoms with Crippen LogP contribution in [0.1, 0.15) is 31.7 Å². The first kappa shape index (κ1) is 15.4. The zero-order chi connectivity index (χ0) is 15.6. The number of rotatable bonds is 4. The molecule has 5 heteroatoms. The van der Waals surface area contributed by atoms with Crippen molar-refractivity contribution >= 4 is 23.0 Å². The Morgan fingerprint density at radius 2 is 1.90 bits per heavy atom. The highest BCUT2D eigenvalue weighted by Crippen LogP contribution is 2.40. The quantitative estimate of drug-likeness (QED) is 0.786. The maximum absolute atomic E-state index is 14.2. The number of nitrogen functional groups attached to an aromatic ring is 2. The van der Waals surface area contributed by atoms with Gasteiger partial charge in [-0.15, -0.1) is 0 Å². The summed E-state index contributed by atoms with van der Waals surface area (Å²) in [6, 6.07) is 8.88. The molecule has 0 spiro atoms. The van der Waals surface area contributed by atoms with Crippen LogP contribution in [-0.2, 0) is 0 Å². The number of hydrogen-bond donors (Lipinski definition) is 2. The molecule has 2 rings (SSSR count). The highest BCUT2D eigenvalue weighted by atomic mass is 35.5. The molecule has 0 aliphatic rings. The average Bonchev–Trinajstić information content (AvgIpc) is 2.49. The summed E-state index contributed by atoms with van der Waals surface area (Å²) < 4.78 is 19.9. The minimum Gasteiger partial charge on any atom is -0.452 e. The molecule has 1 atom stereocenters. The molecule has 0 radical (unpaired) electrons. The van der Waals surface area contributed by atoms with E-state index in [0.717, 1.165) is 12.0 Å². The van der Waals surface area contributed by atoms with Gasteiger partial charge in [-0.1, -0.05) is 43.6 Å². The third-order valence-electron chi connectivity index (χ3n) is 3.49. The number of nitrogens with two attached hydrogens (primary N) is 2. The van der Waals surface area contributed by atoms with Gasteiger partial charge in [0.25, 0.3) is 0 Å². The largest absolute Gasteiger partial charge is 0.452 e. The summed E-state index contributed by atoms with van der Waals surface area (Å²) in [5.74, 6) is 0.0195. The maximum Gasteiger partial charge on any atom is 0.188 e. The molecule has 0 aliphatic carbocycles. The average molecular weight is 309 g/mol. The molecular formula is C16H18ClFN2O. The lowest BCUT2D eigenvalue weighted by molar-refractivity contribution is 0.437. The Bertz CT molecular complexity index is 661. The molecule has 2 aromatic carbocycles. The number of benzene rings is 2. The molecule has 0 amide bonds. The summed E-state index contributed by atoms with van der Waals surface area (Å²) in [7, 11) is 0. The van der Waals surface area contributed by atoms with Crippen molar-refractivity contribution in [2.24, 2.45) is 0 Å². The van der Waals surface area contributed by atoms with Crippen LogP contribution in [0, 0.1) is 5.82 Å². The van der Waals surface area contributed by atoms with Crippen molar-refractivity contribution < 1.29 is 9.13 Å². The van der Waals surface area contributed by atoms with Gasteiger partial charge in [-0.05, 0) is 30.0 Å². The van der Waals surface area contributed by atoms with E-state index in [-0.39, 0.29) is 28.1 Å². The van der Waals surface area contributed by atoms with E-state index < -0.39 is 5.82 Å². The van der Waals surface area contributed by atoms with Gasteiger partial charge in [0.1, 0.15) is 10.8 Å². The van der Waals surface area contributed by atoms with Crippen LogP contribution in [0.25, 0.3) is 0 Å². The van der Waals surface area contributed by atoms with E-state index >= 15 is 0 Å². The Labute approximate surface area is 128 Å². The Morgan fingerprint density at radius 1 is 1.24 bits per heavy atom. The highest BCUT2D eigenvalue weighted by Gasteiger charge is 2.18. The summed E-state index contributed by atoms with van der Waals surface area (Å²) in [5.41, 5.74) is 12.6. The van der Waals surface area contributed by atoms with Gasteiger partial charge in [-0.2, -0.15) is 0 Å². The predicted molar refractivity (Wildman–Crippen MR) is 85.5 cm³/mol. The Hall–Kier alpha value is -1.94. The second-order valence-electron chi connectivity index (χ2n) is 4.96. The minimum atomic E-state index is -0.742. The third-order valence-corrected chi connectivity index (χ3v) is 3.88. The molecule has 112 valence electrons. The van der Waals surface area contributed by atoms with Crippen molar-refractivity contribution in [1.82, 2.24) is 0 Å². The monoisotopic (exact) mass is 308 g/mol. The number of halogens is 2. The highest BCUT2D eigenvalue weighted by molar-refractivity contribution is 6.33. The van der Waals surface area contributed by atoms with Gasteiger partial charge in [0.05, 0.1) is 11.4 Å². The van der Waals surface area contributed by atoms with Gasteiger partial charge in [0, 0.05) is 0 Å². The van der Waals surface area contributed by atoms with Crippen molar-refractivity contribution in [1.29, 1.82) is 0 Å². The summed E-state index contributed by atoms with van der Waals surface area (Å²) in [6.07, 6.45) is 0.945. The van der Waals surface area contributed by atoms with Crippen LogP contribution in [0.3, 0.4) is 0 Å². The van der Waals surface area contributed by atoms with E-state index in [2.05, 4.69) is 13.8 Å². The molecule has 0 saturated heterocycles. The third kappa shape index (κ3) is 3.05. The van der Waals surface area contributed by atoms with Gasteiger partial charge in [-0.25, -0.2) is 4.39 Å². The van der Waals surface area contributed by atoms with Crippen LogP contribution in [0.5, 0.6) is 11.5 Å². The van der Waals surface area contributed by atoms with Crippen LogP contribution in [0.4, 0.5) is 15.8 Å². The minimum absolute atomic E-state index is 0.0919. The molecule has 0 fully saturated rings. The Kier molecular flexibility index (Phi) is 4.58. The lowest BCUT2D eigenvalue weighted by Gasteiger charge is -2.17. The first-order valence-corrected chi connectivity index (χ1v) is 7.13. The van der Waals surface area contributed by atoms with Gasteiger partial charge in [0.15, 0.2) is 11.6 Å². The second kappa shape index (κ2) is 6.22. The number of anilines is 2. The predicted octanol–water partition coefficient (Wildman–Crippen LogP) is 4.95. The van der Waals surface area contributed by atoms with Gasteiger partial charge < -0.3 is 16.2 Å². The van der Waals surface area contributed by atoms with Crippen molar-refractivity contribution in [3.63, 3.8) is 0 Å². The maximum atomic E-state index is 14.2. The number of para-hydroxylation sites is 1.